The van der Waals surface area contributed by atoms with Gasteiger partial charge in [-0.15, -0.1) is 0 Å². The molecule has 1 aliphatic heterocycles. The Morgan fingerprint density at radius 3 is 2.75 bits per heavy atom. The van der Waals surface area contributed by atoms with Crippen LogP contribution in [0.3, 0.4) is 0 Å². The Morgan fingerprint density at radius 1 is 1.42 bits per heavy atom. The van der Waals surface area contributed by atoms with Crippen LogP contribution in [-0.2, 0) is 0 Å². The molecule has 3 nitrogen and oxygen atoms in total. The van der Waals surface area contributed by atoms with Gasteiger partial charge in [0, 0.05) is 24.6 Å². The van der Waals surface area contributed by atoms with E-state index in [1.165, 1.54) is 0 Å². The van der Waals surface area contributed by atoms with E-state index in [1.807, 2.05) is 23.3 Å². The number of pyridine rings is 1. The average Bonchev–Trinajstić information content (AvgIpc) is 2.54. The summed E-state index contributed by atoms with van der Waals surface area (Å²) in [5.41, 5.74) is 4.38. The molecule has 0 aromatic carbocycles. The molecule has 2 rings (SSSR count). The molecule has 0 amide bonds. The number of nitrogens with one attached hydrogen (secondary N) is 1. The van der Waals surface area contributed by atoms with Crippen molar-refractivity contribution >= 4 is 5.69 Å². The van der Waals surface area contributed by atoms with E-state index < -0.39 is 0 Å². The third-order valence-corrected chi connectivity index (χ3v) is 1.81. The van der Waals surface area contributed by atoms with Crippen LogP contribution in [0, 0.1) is 0 Å². The van der Waals surface area contributed by atoms with E-state index in [9.17, 15) is 0 Å². The molecule has 2 heterocycles. The van der Waals surface area contributed by atoms with Gasteiger partial charge >= 0.3 is 0 Å². The molecule has 1 aromatic rings. The maximum atomic E-state index is 3.96. The van der Waals surface area contributed by atoms with Gasteiger partial charge in [-0.2, -0.15) is 0 Å². The van der Waals surface area contributed by atoms with E-state index >= 15 is 0 Å². The van der Waals surface area contributed by atoms with E-state index in [-0.39, 0.29) is 0 Å². The van der Waals surface area contributed by atoms with Gasteiger partial charge in [0.1, 0.15) is 0 Å². The van der Waals surface area contributed by atoms with Crippen molar-refractivity contribution in [2.45, 2.75) is 13.0 Å². The fourth-order valence-electron chi connectivity index (χ4n) is 1.19. The lowest BCUT2D eigenvalue weighted by Crippen LogP contribution is -2.33. The van der Waals surface area contributed by atoms with Crippen molar-refractivity contribution in [2.75, 3.05) is 5.01 Å². The first-order valence-corrected chi connectivity index (χ1v) is 4.00. The molecule has 0 saturated carbocycles. The van der Waals surface area contributed by atoms with Crippen molar-refractivity contribution in [1.82, 2.24) is 10.4 Å². The van der Waals surface area contributed by atoms with Crippen LogP contribution >= 0.6 is 0 Å². The molecule has 0 aliphatic carbocycles. The first kappa shape index (κ1) is 7.31. The molecule has 1 aromatic heterocycles. The van der Waals surface area contributed by atoms with E-state index in [0.717, 1.165) is 5.69 Å². The standard InChI is InChI=1S/C9H11N3/c1-8-4-7-12(11-8)9-2-5-10-6-3-9/h2-8,11H,1H3. The number of hydrogen-bond acceptors (Lipinski definition) is 3. The van der Waals surface area contributed by atoms with Gasteiger partial charge in [-0.05, 0) is 25.1 Å². The topological polar surface area (TPSA) is 28.2 Å². The van der Waals surface area contributed by atoms with Gasteiger partial charge in [0.15, 0.2) is 0 Å². The van der Waals surface area contributed by atoms with Gasteiger partial charge in [-0.25, -0.2) is 5.43 Å². The minimum Gasteiger partial charge on any atom is -0.284 e. The molecule has 1 unspecified atom stereocenters. The monoisotopic (exact) mass is 161 g/mol. The molecule has 0 bridgehead atoms. The molecule has 1 N–H and O–H groups in total. The highest BCUT2D eigenvalue weighted by Crippen LogP contribution is 2.13. The predicted molar refractivity (Wildman–Crippen MR) is 48.5 cm³/mol. The summed E-state index contributed by atoms with van der Waals surface area (Å²) in [6.07, 6.45) is 7.71. The Balaban J connectivity index is 2.18. The molecule has 1 atom stereocenters. The van der Waals surface area contributed by atoms with Crippen LogP contribution in [0.5, 0.6) is 0 Å². The zero-order valence-electron chi connectivity index (χ0n) is 6.94. The highest BCUT2D eigenvalue weighted by atomic mass is 15.5. The van der Waals surface area contributed by atoms with Gasteiger partial charge in [-0.3, -0.25) is 9.99 Å². The van der Waals surface area contributed by atoms with E-state index in [1.54, 1.807) is 12.4 Å². The number of anilines is 1. The van der Waals surface area contributed by atoms with Crippen molar-refractivity contribution in [3.8, 4) is 0 Å². The lowest BCUT2D eigenvalue weighted by Gasteiger charge is -2.17. The highest BCUT2D eigenvalue weighted by molar-refractivity contribution is 5.47. The number of hydrazine groups is 1. The van der Waals surface area contributed by atoms with Crippen LogP contribution in [0.25, 0.3) is 0 Å². The largest absolute Gasteiger partial charge is 0.284 e. The average molecular weight is 161 g/mol. The molecule has 0 radical (unpaired) electrons. The van der Waals surface area contributed by atoms with Gasteiger partial charge in [0.05, 0.1) is 5.69 Å². The van der Waals surface area contributed by atoms with Crippen molar-refractivity contribution in [1.29, 1.82) is 0 Å². The molecule has 3 heteroatoms. The minimum absolute atomic E-state index is 0.415. The van der Waals surface area contributed by atoms with E-state index in [0.29, 0.717) is 6.04 Å². The lowest BCUT2D eigenvalue weighted by atomic mass is 10.4. The summed E-state index contributed by atoms with van der Waals surface area (Å²) in [7, 11) is 0. The maximum absolute atomic E-state index is 3.96. The lowest BCUT2D eigenvalue weighted by molar-refractivity contribution is 0.683. The van der Waals surface area contributed by atoms with Gasteiger partial charge in [0.2, 0.25) is 0 Å². The van der Waals surface area contributed by atoms with Crippen LogP contribution in [0.2, 0.25) is 0 Å². The van der Waals surface area contributed by atoms with Gasteiger partial charge in [-0.1, -0.05) is 0 Å². The fraction of sp³-hybridized carbons (Fsp3) is 0.222. The Labute approximate surface area is 71.7 Å². The molecular weight excluding hydrogens is 150 g/mol. The van der Waals surface area contributed by atoms with Gasteiger partial charge in [0.25, 0.3) is 0 Å². The van der Waals surface area contributed by atoms with Crippen molar-refractivity contribution < 1.29 is 0 Å². The summed E-state index contributed by atoms with van der Waals surface area (Å²) >= 11 is 0. The summed E-state index contributed by atoms with van der Waals surface area (Å²) < 4.78 is 0. The second-order valence-electron chi connectivity index (χ2n) is 2.83. The summed E-state index contributed by atoms with van der Waals surface area (Å²) in [5, 5.41) is 1.99. The number of rotatable bonds is 1. The van der Waals surface area contributed by atoms with Crippen molar-refractivity contribution in [2.24, 2.45) is 0 Å². The first-order chi connectivity index (χ1) is 5.86. The SMILES string of the molecule is CC1C=CN(c2ccncc2)N1. The second kappa shape index (κ2) is 2.95. The Hall–Kier alpha value is -1.35. The third kappa shape index (κ3) is 1.31. The smallest absolute Gasteiger partial charge is 0.0601 e. The van der Waals surface area contributed by atoms with Crippen LogP contribution in [0.1, 0.15) is 6.92 Å². The summed E-state index contributed by atoms with van der Waals surface area (Å²) in [5.74, 6) is 0. The fourth-order valence-corrected chi connectivity index (χ4v) is 1.19. The second-order valence-corrected chi connectivity index (χ2v) is 2.83. The summed E-state index contributed by atoms with van der Waals surface area (Å²) in [6.45, 7) is 2.11. The summed E-state index contributed by atoms with van der Waals surface area (Å²) in [4.78, 5) is 3.96. The Kier molecular flexibility index (Phi) is 1.80. The van der Waals surface area contributed by atoms with E-state index in [4.69, 9.17) is 0 Å². The van der Waals surface area contributed by atoms with Gasteiger partial charge < -0.3 is 0 Å². The molecule has 12 heavy (non-hydrogen) atoms. The number of nitrogens with zero attached hydrogens (tertiary/aromatic N) is 2. The Bertz CT molecular complexity index is 281. The Morgan fingerprint density at radius 2 is 2.17 bits per heavy atom. The molecular formula is C9H11N3. The zero-order chi connectivity index (χ0) is 8.39. The quantitative estimate of drug-likeness (QED) is 0.673. The molecule has 0 spiro atoms. The highest BCUT2D eigenvalue weighted by Gasteiger charge is 2.10. The van der Waals surface area contributed by atoms with Crippen LogP contribution in [0.15, 0.2) is 36.8 Å². The predicted octanol–water partition coefficient (Wildman–Crippen LogP) is 1.31. The van der Waals surface area contributed by atoms with Crippen LogP contribution in [0.4, 0.5) is 5.69 Å². The molecule has 1 aliphatic rings. The van der Waals surface area contributed by atoms with Crippen molar-refractivity contribution in [3.63, 3.8) is 0 Å². The van der Waals surface area contributed by atoms with Crippen LogP contribution < -0.4 is 10.4 Å². The molecule has 62 valence electrons. The number of aromatic nitrogens is 1. The maximum Gasteiger partial charge on any atom is 0.0601 e. The third-order valence-electron chi connectivity index (χ3n) is 1.81. The molecule has 0 saturated heterocycles. The van der Waals surface area contributed by atoms with E-state index in [2.05, 4.69) is 23.4 Å². The summed E-state index contributed by atoms with van der Waals surface area (Å²) in [6, 6.07) is 4.35. The minimum atomic E-state index is 0.415. The van der Waals surface area contributed by atoms with Crippen molar-refractivity contribution in [3.05, 3.63) is 36.8 Å². The first-order valence-electron chi connectivity index (χ1n) is 4.00. The number of hydrogen-bond donors (Lipinski definition) is 1. The zero-order valence-corrected chi connectivity index (χ0v) is 6.94. The normalized spacial score (nSPS) is 21.8. The van der Waals surface area contributed by atoms with Crippen LogP contribution in [-0.4, -0.2) is 11.0 Å². The molecule has 0 fully saturated rings.